The predicted octanol–water partition coefficient (Wildman–Crippen LogP) is 2.66. The summed E-state index contributed by atoms with van der Waals surface area (Å²) in [5.74, 6) is 0. The Morgan fingerprint density at radius 3 is 2.73 bits per heavy atom. The molecule has 82 valence electrons. The van der Waals surface area contributed by atoms with Gasteiger partial charge >= 0.3 is 0 Å². The van der Waals surface area contributed by atoms with Crippen LogP contribution in [-0.4, -0.2) is 20.1 Å². The molecule has 1 aromatic rings. The molecule has 0 spiro atoms. The maximum Gasteiger partial charge on any atom is 0.0426 e. The minimum atomic E-state index is 0.830. The van der Waals surface area contributed by atoms with Gasteiger partial charge in [0.15, 0.2) is 0 Å². The molecule has 1 aromatic carbocycles. The molecular formula is C12H17ClN2. The van der Waals surface area contributed by atoms with E-state index in [0.717, 1.165) is 24.7 Å². The first-order valence-electron chi connectivity index (χ1n) is 5.49. The minimum absolute atomic E-state index is 0.830. The van der Waals surface area contributed by atoms with Crippen LogP contribution in [0.4, 0.5) is 5.69 Å². The monoisotopic (exact) mass is 224 g/mol. The van der Waals surface area contributed by atoms with Gasteiger partial charge in [0, 0.05) is 30.3 Å². The van der Waals surface area contributed by atoms with Crippen molar-refractivity contribution in [2.75, 3.05) is 25.0 Å². The molecule has 2 rings (SSSR count). The van der Waals surface area contributed by atoms with Crippen molar-refractivity contribution in [3.63, 3.8) is 0 Å². The van der Waals surface area contributed by atoms with Gasteiger partial charge in [0.05, 0.1) is 0 Å². The van der Waals surface area contributed by atoms with Gasteiger partial charge in [0.2, 0.25) is 0 Å². The first kappa shape index (κ1) is 10.8. The van der Waals surface area contributed by atoms with E-state index in [1.54, 1.807) is 0 Å². The minimum Gasteiger partial charge on any atom is -0.371 e. The molecule has 3 heteroatoms. The van der Waals surface area contributed by atoms with Crippen molar-refractivity contribution >= 4 is 17.3 Å². The molecule has 0 radical (unpaired) electrons. The molecular weight excluding hydrogens is 208 g/mol. The first-order chi connectivity index (χ1) is 7.31. The standard InChI is InChI=1S/C12H17ClN2/c1-14-9-10-4-5-11(13)8-12(10)15-6-2-3-7-15/h4-5,8,14H,2-3,6-7,9H2,1H3. The highest BCUT2D eigenvalue weighted by atomic mass is 35.5. The SMILES string of the molecule is CNCc1ccc(Cl)cc1N1CCCC1. The van der Waals surface area contributed by atoms with Crippen molar-refractivity contribution < 1.29 is 0 Å². The Bertz CT molecular complexity index is 332. The fraction of sp³-hybridized carbons (Fsp3) is 0.500. The lowest BCUT2D eigenvalue weighted by Crippen LogP contribution is -2.20. The van der Waals surface area contributed by atoms with E-state index in [9.17, 15) is 0 Å². The summed E-state index contributed by atoms with van der Waals surface area (Å²) in [6.45, 7) is 3.23. The zero-order valence-electron chi connectivity index (χ0n) is 9.09. The van der Waals surface area contributed by atoms with Gasteiger partial charge < -0.3 is 10.2 Å². The quantitative estimate of drug-likeness (QED) is 0.850. The van der Waals surface area contributed by atoms with E-state index in [-0.39, 0.29) is 0 Å². The number of nitrogens with one attached hydrogen (secondary N) is 1. The summed E-state index contributed by atoms with van der Waals surface area (Å²) in [6, 6.07) is 6.17. The van der Waals surface area contributed by atoms with Crippen LogP contribution in [0.3, 0.4) is 0 Å². The van der Waals surface area contributed by atoms with Crippen LogP contribution in [-0.2, 0) is 6.54 Å². The molecule has 0 aromatic heterocycles. The predicted molar refractivity (Wildman–Crippen MR) is 65.7 cm³/mol. The third kappa shape index (κ3) is 2.44. The van der Waals surface area contributed by atoms with Gasteiger partial charge in [-0.3, -0.25) is 0 Å². The number of hydrogen-bond acceptors (Lipinski definition) is 2. The van der Waals surface area contributed by atoms with E-state index in [0.29, 0.717) is 0 Å². The molecule has 2 nitrogen and oxygen atoms in total. The van der Waals surface area contributed by atoms with Crippen LogP contribution in [0.1, 0.15) is 18.4 Å². The second-order valence-corrected chi connectivity index (χ2v) is 4.43. The van der Waals surface area contributed by atoms with Crippen LogP contribution in [0.5, 0.6) is 0 Å². The smallest absolute Gasteiger partial charge is 0.0426 e. The summed E-state index contributed by atoms with van der Waals surface area (Å²) in [5, 5.41) is 4.03. The molecule has 1 aliphatic heterocycles. The van der Waals surface area contributed by atoms with Crippen molar-refractivity contribution in [3.05, 3.63) is 28.8 Å². The molecule has 0 amide bonds. The van der Waals surface area contributed by atoms with E-state index in [1.165, 1.54) is 24.1 Å². The number of anilines is 1. The highest BCUT2D eigenvalue weighted by Gasteiger charge is 2.15. The summed E-state index contributed by atoms with van der Waals surface area (Å²) < 4.78 is 0. The molecule has 0 bridgehead atoms. The van der Waals surface area contributed by atoms with E-state index in [1.807, 2.05) is 13.1 Å². The lowest BCUT2D eigenvalue weighted by atomic mass is 10.1. The lowest BCUT2D eigenvalue weighted by molar-refractivity contribution is 0.809. The number of nitrogens with zero attached hydrogens (tertiary/aromatic N) is 1. The van der Waals surface area contributed by atoms with E-state index in [4.69, 9.17) is 11.6 Å². The second kappa shape index (κ2) is 4.86. The van der Waals surface area contributed by atoms with Gasteiger partial charge in [-0.05, 0) is 37.6 Å². The van der Waals surface area contributed by atoms with Gasteiger partial charge in [-0.25, -0.2) is 0 Å². The average Bonchev–Trinajstić information content (AvgIpc) is 2.74. The Morgan fingerprint density at radius 2 is 2.07 bits per heavy atom. The third-order valence-corrected chi connectivity index (χ3v) is 3.10. The van der Waals surface area contributed by atoms with Crippen molar-refractivity contribution in [2.45, 2.75) is 19.4 Å². The Labute approximate surface area is 96.2 Å². The second-order valence-electron chi connectivity index (χ2n) is 4.00. The van der Waals surface area contributed by atoms with Crippen molar-refractivity contribution in [2.24, 2.45) is 0 Å². The van der Waals surface area contributed by atoms with Gasteiger partial charge in [0.25, 0.3) is 0 Å². The number of halogens is 1. The van der Waals surface area contributed by atoms with Crippen LogP contribution in [0, 0.1) is 0 Å². The van der Waals surface area contributed by atoms with Crippen LogP contribution >= 0.6 is 11.6 Å². The fourth-order valence-electron chi connectivity index (χ4n) is 2.13. The largest absolute Gasteiger partial charge is 0.371 e. The number of benzene rings is 1. The maximum absolute atomic E-state index is 6.05. The number of hydrogen-bond donors (Lipinski definition) is 1. The Hall–Kier alpha value is -0.730. The molecule has 0 saturated carbocycles. The normalized spacial score (nSPS) is 16.0. The lowest BCUT2D eigenvalue weighted by Gasteiger charge is -2.21. The van der Waals surface area contributed by atoms with Crippen molar-refractivity contribution in [1.82, 2.24) is 5.32 Å². The molecule has 1 aliphatic rings. The van der Waals surface area contributed by atoms with Crippen LogP contribution < -0.4 is 10.2 Å². The number of rotatable bonds is 3. The summed E-state index contributed by atoms with van der Waals surface area (Å²) in [5.41, 5.74) is 2.64. The zero-order chi connectivity index (χ0) is 10.7. The van der Waals surface area contributed by atoms with Gasteiger partial charge in [-0.2, -0.15) is 0 Å². The molecule has 0 aliphatic carbocycles. The Morgan fingerprint density at radius 1 is 1.33 bits per heavy atom. The molecule has 1 heterocycles. The van der Waals surface area contributed by atoms with Crippen molar-refractivity contribution in [3.8, 4) is 0 Å². The van der Waals surface area contributed by atoms with Crippen molar-refractivity contribution in [1.29, 1.82) is 0 Å². The summed E-state index contributed by atoms with van der Waals surface area (Å²) in [6.07, 6.45) is 2.59. The van der Waals surface area contributed by atoms with E-state index in [2.05, 4.69) is 22.3 Å². The van der Waals surface area contributed by atoms with Gasteiger partial charge in [-0.1, -0.05) is 17.7 Å². The summed E-state index contributed by atoms with van der Waals surface area (Å²) >= 11 is 6.05. The van der Waals surface area contributed by atoms with Crippen LogP contribution in [0.15, 0.2) is 18.2 Å². The van der Waals surface area contributed by atoms with Gasteiger partial charge in [-0.15, -0.1) is 0 Å². The third-order valence-electron chi connectivity index (χ3n) is 2.86. The maximum atomic E-state index is 6.05. The Balaban J connectivity index is 2.28. The molecule has 0 atom stereocenters. The van der Waals surface area contributed by atoms with Crippen LogP contribution in [0.25, 0.3) is 0 Å². The first-order valence-corrected chi connectivity index (χ1v) is 5.87. The van der Waals surface area contributed by atoms with Gasteiger partial charge in [0.1, 0.15) is 0 Å². The molecule has 0 unspecified atom stereocenters. The van der Waals surface area contributed by atoms with E-state index < -0.39 is 0 Å². The average molecular weight is 225 g/mol. The van der Waals surface area contributed by atoms with Crippen LogP contribution in [0.2, 0.25) is 5.02 Å². The summed E-state index contributed by atoms with van der Waals surface area (Å²) in [4.78, 5) is 2.43. The highest BCUT2D eigenvalue weighted by Crippen LogP contribution is 2.27. The molecule has 15 heavy (non-hydrogen) atoms. The molecule has 1 fully saturated rings. The summed E-state index contributed by atoms with van der Waals surface area (Å²) in [7, 11) is 1.97. The topological polar surface area (TPSA) is 15.3 Å². The van der Waals surface area contributed by atoms with E-state index >= 15 is 0 Å². The molecule has 1 saturated heterocycles. The fourth-order valence-corrected chi connectivity index (χ4v) is 2.30. The molecule has 1 N–H and O–H groups in total. The highest BCUT2D eigenvalue weighted by molar-refractivity contribution is 6.30. The zero-order valence-corrected chi connectivity index (χ0v) is 9.85. The Kier molecular flexibility index (Phi) is 3.49.